The number of aryl methyl sites for hydroxylation is 2. The number of rotatable bonds is 8. The Morgan fingerprint density at radius 2 is 1.84 bits per heavy atom. The number of halogens is 2. The van der Waals surface area contributed by atoms with Gasteiger partial charge in [0.05, 0.1) is 23.0 Å². The van der Waals surface area contributed by atoms with E-state index in [9.17, 15) is 14.4 Å². The zero-order valence-corrected chi connectivity index (χ0v) is 24.0. The fraction of sp³-hybridized carbons (Fsp3) is 0.179. The summed E-state index contributed by atoms with van der Waals surface area (Å²) in [7, 11) is 1.47. The van der Waals surface area contributed by atoms with Crippen LogP contribution in [0.3, 0.4) is 0 Å². The molecule has 0 aromatic heterocycles. The Balaban J connectivity index is 1.45. The highest BCUT2D eigenvalue weighted by Crippen LogP contribution is 2.39. The Labute approximate surface area is 238 Å². The van der Waals surface area contributed by atoms with E-state index in [1.807, 2.05) is 44.2 Å². The highest BCUT2D eigenvalue weighted by Gasteiger charge is 2.35. The highest BCUT2D eigenvalue weighted by atomic mass is 79.9. The molecule has 1 heterocycles. The third-order valence-electron chi connectivity index (χ3n) is 5.69. The molecule has 4 rings (SSSR count). The molecule has 0 saturated carbocycles. The molecule has 7 nitrogen and oxygen atoms in total. The van der Waals surface area contributed by atoms with E-state index in [-0.39, 0.29) is 30.2 Å². The monoisotopic (exact) mass is 614 g/mol. The molecule has 3 amide bonds. The molecule has 1 aliphatic heterocycles. The minimum atomic E-state index is -0.370. The van der Waals surface area contributed by atoms with Crippen LogP contribution in [-0.4, -0.2) is 35.7 Å². The lowest BCUT2D eigenvalue weighted by molar-refractivity contribution is -0.123. The van der Waals surface area contributed by atoms with Crippen molar-refractivity contribution in [3.8, 4) is 11.5 Å². The van der Waals surface area contributed by atoms with E-state index in [4.69, 9.17) is 21.1 Å². The van der Waals surface area contributed by atoms with Crippen LogP contribution >= 0.6 is 39.3 Å². The molecule has 0 bridgehead atoms. The molecule has 38 heavy (non-hydrogen) atoms. The molecule has 0 radical (unpaired) electrons. The standard InChI is InChI=1S/C28H24BrClN2O5S/c1-16-4-7-18(8-5-16)14-32-27(34)24(38-28(32)35)12-19-10-21(29)26(23(11-19)36-3)37-15-25(33)31-20-9-6-17(2)22(30)13-20/h4-13H,14-15H2,1-3H3,(H,31,33)/b24-12-. The number of nitrogens with one attached hydrogen (secondary N) is 1. The number of imide groups is 1. The Morgan fingerprint density at radius 1 is 1.11 bits per heavy atom. The van der Waals surface area contributed by atoms with Crippen LogP contribution in [0.25, 0.3) is 6.08 Å². The average molecular weight is 616 g/mol. The predicted molar refractivity (Wildman–Crippen MR) is 154 cm³/mol. The highest BCUT2D eigenvalue weighted by molar-refractivity contribution is 9.10. The minimum absolute atomic E-state index is 0.207. The first kappa shape index (κ1) is 27.8. The molecule has 1 aliphatic rings. The number of nitrogens with zero attached hydrogens (tertiary/aromatic N) is 1. The van der Waals surface area contributed by atoms with Gasteiger partial charge in [0.15, 0.2) is 18.1 Å². The molecule has 196 valence electrons. The Hall–Kier alpha value is -3.27. The van der Waals surface area contributed by atoms with Gasteiger partial charge < -0.3 is 14.8 Å². The summed E-state index contributed by atoms with van der Waals surface area (Å²) < 4.78 is 11.7. The van der Waals surface area contributed by atoms with Gasteiger partial charge in [-0.25, -0.2) is 0 Å². The van der Waals surface area contributed by atoms with Gasteiger partial charge in [0.2, 0.25) is 0 Å². The van der Waals surface area contributed by atoms with E-state index in [0.717, 1.165) is 28.5 Å². The maximum Gasteiger partial charge on any atom is 0.293 e. The van der Waals surface area contributed by atoms with Crippen LogP contribution in [0.5, 0.6) is 11.5 Å². The first-order chi connectivity index (χ1) is 18.1. The maximum atomic E-state index is 13.0. The summed E-state index contributed by atoms with van der Waals surface area (Å²) in [6.07, 6.45) is 1.63. The van der Waals surface area contributed by atoms with Gasteiger partial charge in [-0.15, -0.1) is 0 Å². The predicted octanol–water partition coefficient (Wildman–Crippen LogP) is 6.98. The number of ether oxygens (including phenoxy) is 2. The lowest BCUT2D eigenvalue weighted by atomic mass is 10.1. The fourth-order valence-electron chi connectivity index (χ4n) is 3.63. The summed E-state index contributed by atoms with van der Waals surface area (Å²) in [6.45, 7) is 3.80. The first-order valence-electron chi connectivity index (χ1n) is 11.5. The van der Waals surface area contributed by atoms with Crippen molar-refractivity contribution < 1.29 is 23.9 Å². The molecule has 10 heteroatoms. The summed E-state index contributed by atoms with van der Waals surface area (Å²) >= 11 is 10.5. The second-order valence-corrected chi connectivity index (χ2v) is 10.8. The molecule has 3 aromatic rings. The van der Waals surface area contributed by atoms with Gasteiger partial charge in [0.25, 0.3) is 17.1 Å². The largest absolute Gasteiger partial charge is 0.493 e. The van der Waals surface area contributed by atoms with Crippen LogP contribution < -0.4 is 14.8 Å². The topological polar surface area (TPSA) is 84.9 Å². The average Bonchev–Trinajstić information content (AvgIpc) is 3.13. The van der Waals surface area contributed by atoms with E-state index in [1.165, 1.54) is 12.0 Å². The van der Waals surface area contributed by atoms with Crippen LogP contribution in [0, 0.1) is 13.8 Å². The van der Waals surface area contributed by atoms with Crippen molar-refractivity contribution in [3.63, 3.8) is 0 Å². The van der Waals surface area contributed by atoms with E-state index < -0.39 is 0 Å². The molecule has 1 saturated heterocycles. The smallest absolute Gasteiger partial charge is 0.293 e. The number of amides is 3. The lowest BCUT2D eigenvalue weighted by Gasteiger charge is -2.14. The summed E-state index contributed by atoms with van der Waals surface area (Å²) in [5.74, 6) is -0.0426. The Kier molecular flexibility index (Phi) is 8.81. The number of hydrogen-bond donors (Lipinski definition) is 1. The van der Waals surface area contributed by atoms with Crippen molar-refractivity contribution in [1.29, 1.82) is 0 Å². The van der Waals surface area contributed by atoms with Crippen molar-refractivity contribution in [2.24, 2.45) is 0 Å². The molecular weight excluding hydrogens is 592 g/mol. The number of methoxy groups -OCH3 is 1. The van der Waals surface area contributed by atoms with E-state index in [1.54, 1.807) is 30.3 Å². The normalized spacial score (nSPS) is 14.2. The zero-order chi connectivity index (χ0) is 27.4. The fourth-order valence-corrected chi connectivity index (χ4v) is 5.23. The third kappa shape index (κ3) is 6.59. The number of anilines is 1. The van der Waals surface area contributed by atoms with Gasteiger partial charge in [-0.05, 0) is 88.6 Å². The van der Waals surface area contributed by atoms with Crippen molar-refractivity contribution in [2.75, 3.05) is 19.0 Å². The number of carbonyl (C=O) groups excluding carboxylic acids is 3. The third-order valence-corrected chi connectivity index (χ3v) is 7.59. The lowest BCUT2D eigenvalue weighted by Crippen LogP contribution is -2.27. The number of hydrogen-bond acceptors (Lipinski definition) is 6. The van der Waals surface area contributed by atoms with Crippen molar-refractivity contribution in [3.05, 3.63) is 91.3 Å². The molecule has 0 aliphatic carbocycles. The number of benzene rings is 3. The molecule has 0 spiro atoms. The Morgan fingerprint density at radius 3 is 2.53 bits per heavy atom. The van der Waals surface area contributed by atoms with Crippen molar-refractivity contribution >= 4 is 68.1 Å². The van der Waals surface area contributed by atoms with Gasteiger partial charge in [0.1, 0.15) is 0 Å². The maximum absolute atomic E-state index is 13.0. The molecule has 0 atom stereocenters. The second-order valence-electron chi connectivity index (χ2n) is 8.59. The van der Waals surface area contributed by atoms with Crippen LogP contribution in [0.1, 0.15) is 22.3 Å². The van der Waals surface area contributed by atoms with Crippen LogP contribution in [0.15, 0.2) is 64.0 Å². The van der Waals surface area contributed by atoms with Gasteiger partial charge in [0, 0.05) is 10.7 Å². The SMILES string of the molecule is COc1cc(/C=C2\SC(=O)N(Cc3ccc(C)cc3)C2=O)cc(Br)c1OCC(=O)Nc1ccc(C)c(Cl)c1. The molecule has 1 N–H and O–H groups in total. The minimum Gasteiger partial charge on any atom is -0.493 e. The van der Waals surface area contributed by atoms with Gasteiger partial charge in [-0.3, -0.25) is 19.3 Å². The van der Waals surface area contributed by atoms with Gasteiger partial charge in [-0.2, -0.15) is 0 Å². The Bertz CT molecular complexity index is 1440. The molecule has 1 fully saturated rings. The zero-order valence-electron chi connectivity index (χ0n) is 20.8. The van der Waals surface area contributed by atoms with E-state index in [2.05, 4.69) is 21.2 Å². The van der Waals surface area contributed by atoms with Crippen LogP contribution in [0.2, 0.25) is 5.02 Å². The summed E-state index contributed by atoms with van der Waals surface area (Å²) in [5.41, 5.74) is 4.07. The number of carbonyl (C=O) groups is 3. The van der Waals surface area contributed by atoms with Gasteiger partial charge >= 0.3 is 0 Å². The van der Waals surface area contributed by atoms with Crippen molar-refractivity contribution in [1.82, 2.24) is 4.90 Å². The van der Waals surface area contributed by atoms with Crippen LogP contribution in [-0.2, 0) is 16.1 Å². The molecule has 3 aromatic carbocycles. The van der Waals surface area contributed by atoms with E-state index >= 15 is 0 Å². The second kappa shape index (κ2) is 12.1. The van der Waals surface area contributed by atoms with E-state index in [0.29, 0.717) is 37.2 Å². The first-order valence-corrected chi connectivity index (χ1v) is 13.5. The molecule has 0 unspecified atom stereocenters. The van der Waals surface area contributed by atoms with Crippen molar-refractivity contribution in [2.45, 2.75) is 20.4 Å². The van der Waals surface area contributed by atoms with Gasteiger partial charge in [-0.1, -0.05) is 47.5 Å². The quantitative estimate of drug-likeness (QED) is 0.275. The summed E-state index contributed by atoms with van der Waals surface area (Å²) in [4.78, 5) is 39.5. The molecular formula is C28H24BrClN2O5S. The summed E-state index contributed by atoms with van der Waals surface area (Å²) in [6, 6.07) is 16.3. The summed E-state index contributed by atoms with van der Waals surface area (Å²) in [5, 5.41) is 2.97. The van der Waals surface area contributed by atoms with Crippen LogP contribution in [0.4, 0.5) is 10.5 Å². The number of thioether (sulfide) groups is 1.